The summed E-state index contributed by atoms with van der Waals surface area (Å²) in [6.45, 7) is 10.1. The van der Waals surface area contributed by atoms with Crippen LogP contribution in [-0.4, -0.2) is 18.6 Å². The summed E-state index contributed by atoms with van der Waals surface area (Å²) < 4.78 is 12.9. The van der Waals surface area contributed by atoms with Crippen LogP contribution in [0.1, 0.15) is 39.7 Å². The normalized spacial score (nSPS) is 12.8. The average molecular weight is 252 g/mol. The molecule has 0 radical (unpaired) electrons. The maximum atomic E-state index is 12.9. The molecular formula is C15H25FN2. The van der Waals surface area contributed by atoms with E-state index in [9.17, 15) is 4.39 Å². The molecule has 0 aliphatic rings. The van der Waals surface area contributed by atoms with E-state index >= 15 is 0 Å². The molecule has 3 heteroatoms. The molecule has 0 aliphatic heterocycles. The van der Waals surface area contributed by atoms with Crippen molar-refractivity contribution >= 4 is 0 Å². The van der Waals surface area contributed by atoms with E-state index in [1.54, 1.807) is 0 Å². The summed E-state index contributed by atoms with van der Waals surface area (Å²) in [4.78, 5) is 0. The Morgan fingerprint density at radius 1 is 1.11 bits per heavy atom. The number of hydrogen-bond acceptors (Lipinski definition) is 2. The number of nitrogens with two attached hydrogens (primary N) is 1. The lowest BCUT2D eigenvalue weighted by molar-refractivity contribution is 0.325. The molecule has 0 spiro atoms. The number of nitrogens with one attached hydrogen (secondary N) is 1. The van der Waals surface area contributed by atoms with Crippen LogP contribution in [0.25, 0.3) is 0 Å². The molecule has 0 aliphatic carbocycles. The number of halogens is 1. The van der Waals surface area contributed by atoms with Gasteiger partial charge in [0.15, 0.2) is 0 Å². The van der Waals surface area contributed by atoms with Gasteiger partial charge >= 0.3 is 0 Å². The van der Waals surface area contributed by atoms with Gasteiger partial charge in [0.1, 0.15) is 5.82 Å². The summed E-state index contributed by atoms with van der Waals surface area (Å²) >= 11 is 0. The molecule has 1 aromatic carbocycles. The number of hydrogen-bond donors (Lipinski definition) is 2. The van der Waals surface area contributed by atoms with E-state index in [1.807, 2.05) is 12.1 Å². The molecule has 0 atom stereocenters. The molecule has 3 N–H and O–H groups in total. The molecule has 102 valence electrons. The van der Waals surface area contributed by atoms with Crippen LogP contribution in [0.3, 0.4) is 0 Å². The SMILES string of the molecule is CC(C)(CCN)NCC(C)(C)c1ccc(F)cc1. The summed E-state index contributed by atoms with van der Waals surface area (Å²) in [5.74, 6) is -0.189. The van der Waals surface area contributed by atoms with Gasteiger partial charge < -0.3 is 11.1 Å². The highest BCUT2D eigenvalue weighted by Crippen LogP contribution is 2.23. The van der Waals surface area contributed by atoms with Gasteiger partial charge in [0.2, 0.25) is 0 Å². The Morgan fingerprint density at radius 2 is 1.67 bits per heavy atom. The van der Waals surface area contributed by atoms with Crippen molar-refractivity contribution < 1.29 is 4.39 Å². The molecule has 2 nitrogen and oxygen atoms in total. The second-order valence-corrected chi connectivity index (χ2v) is 6.17. The third-order valence-corrected chi connectivity index (χ3v) is 3.40. The van der Waals surface area contributed by atoms with Crippen LogP contribution in [0, 0.1) is 5.82 Å². The van der Waals surface area contributed by atoms with Crippen molar-refractivity contribution in [2.45, 2.75) is 45.1 Å². The highest BCUT2D eigenvalue weighted by molar-refractivity contribution is 5.24. The van der Waals surface area contributed by atoms with Crippen LogP contribution in [0.4, 0.5) is 4.39 Å². The molecule has 0 bridgehead atoms. The van der Waals surface area contributed by atoms with E-state index in [0.29, 0.717) is 6.54 Å². The van der Waals surface area contributed by atoms with Gasteiger partial charge in [-0.1, -0.05) is 26.0 Å². The predicted molar refractivity (Wildman–Crippen MR) is 75.2 cm³/mol. The van der Waals surface area contributed by atoms with Crippen molar-refractivity contribution in [1.82, 2.24) is 5.32 Å². The number of rotatable bonds is 6. The topological polar surface area (TPSA) is 38.0 Å². The van der Waals surface area contributed by atoms with Gasteiger partial charge in [-0.2, -0.15) is 0 Å². The van der Waals surface area contributed by atoms with E-state index < -0.39 is 0 Å². The zero-order valence-electron chi connectivity index (χ0n) is 11.9. The van der Waals surface area contributed by atoms with Gasteiger partial charge in [-0.25, -0.2) is 4.39 Å². The van der Waals surface area contributed by atoms with Gasteiger partial charge in [0.25, 0.3) is 0 Å². The molecule has 0 fully saturated rings. The molecule has 18 heavy (non-hydrogen) atoms. The third kappa shape index (κ3) is 4.39. The van der Waals surface area contributed by atoms with E-state index in [2.05, 4.69) is 33.0 Å². The lowest BCUT2D eigenvalue weighted by Crippen LogP contribution is -2.46. The molecule has 0 heterocycles. The Balaban J connectivity index is 2.67. The van der Waals surface area contributed by atoms with Crippen molar-refractivity contribution in [3.63, 3.8) is 0 Å². The van der Waals surface area contributed by atoms with Crippen molar-refractivity contribution in [3.05, 3.63) is 35.6 Å². The predicted octanol–water partition coefficient (Wildman–Crippen LogP) is 2.82. The van der Waals surface area contributed by atoms with Crippen LogP contribution in [0.15, 0.2) is 24.3 Å². The second kappa shape index (κ2) is 5.81. The molecular weight excluding hydrogens is 227 g/mol. The third-order valence-electron chi connectivity index (χ3n) is 3.40. The monoisotopic (exact) mass is 252 g/mol. The smallest absolute Gasteiger partial charge is 0.123 e. The van der Waals surface area contributed by atoms with E-state index in [1.165, 1.54) is 12.1 Å². The molecule has 1 rings (SSSR count). The summed E-state index contributed by atoms with van der Waals surface area (Å²) in [6, 6.07) is 6.74. The van der Waals surface area contributed by atoms with Gasteiger partial charge in [-0.3, -0.25) is 0 Å². The molecule has 0 saturated heterocycles. The van der Waals surface area contributed by atoms with Crippen LogP contribution in [-0.2, 0) is 5.41 Å². The van der Waals surface area contributed by atoms with Gasteiger partial charge in [0, 0.05) is 17.5 Å². The van der Waals surface area contributed by atoms with Gasteiger partial charge in [0.05, 0.1) is 0 Å². The van der Waals surface area contributed by atoms with Gasteiger partial charge in [-0.15, -0.1) is 0 Å². The van der Waals surface area contributed by atoms with Crippen LogP contribution in [0.2, 0.25) is 0 Å². The Labute approximate surface area is 110 Å². The first kappa shape index (κ1) is 15.1. The minimum Gasteiger partial charge on any atom is -0.330 e. The fourth-order valence-electron chi connectivity index (χ4n) is 1.91. The highest BCUT2D eigenvalue weighted by Gasteiger charge is 2.24. The molecule has 0 aromatic heterocycles. The van der Waals surface area contributed by atoms with Crippen LogP contribution in [0.5, 0.6) is 0 Å². The maximum absolute atomic E-state index is 12.9. The van der Waals surface area contributed by atoms with Crippen molar-refractivity contribution in [3.8, 4) is 0 Å². The van der Waals surface area contributed by atoms with Crippen LogP contribution >= 0.6 is 0 Å². The minimum absolute atomic E-state index is 0.0282. The zero-order valence-corrected chi connectivity index (χ0v) is 11.9. The molecule has 0 unspecified atom stereocenters. The number of benzene rings is 1. The van der Waals surface area contributed by atoms with E-state index in [4.69, 9.17) is 5.73 Å². The fourth-order valence-corrected chi connectivity index (χ4v) is 1.91. The first-order chi connectivity index (χ1) is 8.27. The summed E-state index contributed by atoms with van der Waals surface area (Å²) in [7, 11) is 0. The molecule has 0 amide bonds. The van der Waals surface area contributed by atoms with E-state index in [0.717, 1.165) is 18.5 Å². The Hall–Kier alpha value is -0.930. The van der Waals surface area contributed by atoms with Crippen molar-refractivity contribution in [1.29, 1.82) is 0 Å². The van der Waals surface area contributed by atoms with Crippen molar-refractivity contribution in [2.75, 3.05) is 13.1 Å². The van der Waals surface area contributed by atoms with Crippen LogP contribution < -0.4 is 11.1 Å². The summed E-state index contributed by atoms with van der Waals surface area (Å²) in [6.07, 6.45) is 0.937. The lowest BCUT2D eigenvalue weighted by Gasteiger charge is -2.33. The standard InChI is InChI=1S/C15H25FN2/c1-14(2,11-18-15(3,4)9-10-17)12-5-7-13(16)8-6-12/h5-8,18H,9-11,17H2,1-4H3. The summed E-state index contributed by atoms with van der Waals surface area (Å²) in [5, 5.41) is 3.54. The fraction of sp³-hybridized carbons (Fsp3) is 0.600. The first-order valence-electron chi connectivity index (χ1n) is 6.48. The molecule has 0 saturated carbocycles. The Morgan fingerprint density at radius 3 is 2.17 bits per heavy atom. The minimum atomic E-state index is -0.189. The largest absolute Gasteiger partial charge is 0.330 e. The summed E-state index contributed by atoms with van der Waals surface area (Å²) in [5.41, 5.74) is 6.74. The highest BCUT2D eigenvalue weighted by atomic mass is 19.1. The second-order valence-electron chi connectivity index (χ2n) is 6.17. The molecule has 1 aromatic rings. The Bertz CT molecular complexity index is 369. The van der Waals surface area contributed by atoms with E-state index in [-0.39, 0.29) is 16.8 Å². The average Bonchev–Trinajstić information content (AvgIpc) is 2.27. The van der Waals surface area contributed by atoms with Crippen molar-refractivity contribution in [2.24, 2.45) is 5.73 Å². The van der Waals surface area contributed by atoms with Gasteiger partial charge in [-0.05, 0) is 44.5 Å². The zero-order chi connectivity index (χ0) is 13.8. The quantitative estimate of drug-likeness (QED) is 0.817. The Kier molecular flexibility index (Phi) is 4.88. The maximum Gasteiger partial charge on any atom is 0.123 e. The lowest BCUT2D eigenvalue weighted by atomic mass is 9.83. The first-order valence-corrected chi connectivity index (χ1v) is 6.48.